The van der Waals surface area contributed by atoms with Gasteiger partial charge in [-0.2, -0.15) is 0 Å². The van der Waals surface area contributed by atoms with Gasteiger partial charge in [-0.3, -0.25) is 9.78 Å². The maximum Gasteiger partial charge on any atom is 0.163 e. The molecule has 0 aliphatic heterocycles. The molecule has 21 heavy (non-hydrogen) atoms. The Balaban J connectivity index is 2.06. The number of carbonyl (C=O) groups is 1. The van der Waals surface area contributed by atoms with Gasteiger partial charge in [0.05, 0.1) is 12.8 Å². The number of Topliss-reactive ketones (excluding diaryl/α,β-unsaturated/α-hetero) is 1. The van der Waals surface area contributed by atoms with Gasteiger partial charge < -0.3 is 4.74 Å². The van der Waals surface area contributed by atoms with Crippen LogP contribution in [0.3, 0.4) is 0 Å². The first kappa shape index (κ1) is 13.6. The van der Waals surface area contributed by atoms with Crippen molar-refractivity contribution in [1.29, 1.82) is 0 Å². The van der Waals surface area contributed by atoms with E-state index in [-0.39, 0.29) is 5.78 Å². The summed E-state index contributed by atoms with van der Waals surface area (Å²) in [7, 11) is 1.66. The van der Waals surface area contributed by atoms with Gasteiger partial charge in [-0.25, -0.2) is 0 Å². The minimum Gasteiger partial charge on any atom is -0.496 e. The van der Waals surface area contributed by atoms with E-state index in [0.717, 1.165) is 41.0 Å². The largest absolute Gasteiger partial charge is 0.496 e. The molecule has 1 aliphatic carbocycles. The molecule has 1 heterocycles. The number of aromatic nitrogens is 1. The van der Waals surface area contributed by atoms with E-state index >= 15 is 0 Å². The van der Waals surface area contributed by atoms with Gasteiger partial charge in [0.2, 0.25) is 0 Å². The first-order chi connectivity index (χ1) is 10.3. The summed E-state index contributed by atoms with van der Waals surface area (Å²) in [5.41, 5.74) is 3.81. The van der Waals surface area contributed by atoms with Gasteiger partial charge in [0.1, 0.15) is 5.75 Å². The third-order valence-electron chi connectivity index (χ3n) is 3.78. The van der Waals surface area contributed by atoms with Gasteiger partial charge in [-0.1, -0.05) is 6.07 Å². The highest BCUT2D eigenvalue weighted by Crippen LogP contribution is 2.32. The van der Waals surface area contributed by atoms with Crippen LogP contribution in [-0.2, 0) is 6.42 Å². The molecule has 106 valence electrons. The van der Waals surface area contributed by atoms with Crippen LogP contribution in [-0.4, -0.2) is 17.9 Å². The molecule has 1 aromatic carbocycles. The Kier molecular flexibility index (Phi) is 3.82. The highest BCUT2D eigenvalue weighted by atomic mass is 16.5. The Bertz CT molecular complexity index is 690. The Morgan fingerprint density at radius 1 is 1.14 bits per heavy atom. The molecule has 0 spiro atoms. The van der Waals surface area contributed by atoms with Crippen molar-refractivity contribution >= 4 is 17.9 Å². The number of hydrogen-bond donors (Lipinski definition) is 0. The summed E-state index contributed by atoms with van der Waals surface area (Å²) in [6, 6.07) is 9.55. The molecule has 0 unspecified atom stereocenters. The zero-order valence-corrected chi connectivity index (χ0v) is 12.0. The van der Waals surface area contributed by atoms with Crippen LogP contribution in [0.2, 0.25) is 0 Å². The number of ketones is 1. The van der Waals surface area contributed by atoms with Gasteiger partial charge >= 0.3 is 0 Å². The van der Waals surface area contributed by atoms with Crippen molar-refractivity contribution in [2.24, 2.45) is 0 Å². The fourth-order valence-electron chi connectivity index (χ4n) is 2.74. The molecule has 1 aliphatic rings. The number of methoxy groups -OCH3 is 1. The van der Waals surface area contributed by atoms with E-state index in [2.05, 4.69) is 4.98 Å². The Morgan fingerprint density at radius 2 is 2.05 bits per heavy atom. The number of nitrogens with zero attached hydrogens (tertiary/aromatic N) is 1. The molecule has 0 saturated heterocycles. The van der Waals surface area contributed by atoms with Crippen molar-refractivity contribution < 1.29 is 9.53 Å². The molecule has 0 radical (unpaired) electrons. The van der Waals surface area contributed by atoms with E-state index in [9.17, 15) is 4.79 Å². The lowest BCUT2D eigenvalue weighted by atomic mass is 9.86. The van der Waals surface area contributed by atoms with Crippen LogP contribution in [0.25, 0.3) is 12.2 Å². The van der Waals surface area contributed by atoms with E-state index in [1.165, 1.54) is 0 Å². The van der Waals surface area contributed by atoms with Gasteiger partial charge in [-0.05, 0) is 54.8 Å². The summed E-state index contributed by atoms with van der Waals surface area (Å²) in [6.45, 7) is 0. The molecule has 3 heteroatoms. The minimum absolute atomic E-state index is 0.228. The van der Waals surface area contributed by atoms with E-state index in [4.69, 9.17) is 4.74 Å². The average molecular weight is 279 g/mol. The van der Waals surface area contributed by atoms with Crippen LogP contribution < -0.4 is 4.74 Å². The molecule has 0 saturated carbocycles. The van der Waals surface area contributed by atoms with Crippen molar-refractivity contribution in [3.63, 3.8) is 0 Å². The van der Waals surface area contributed by atoms with Gasteiger partial charge in [-0.15, -0.1) is 0 Å². The lowest BCUT2D eigenvalue weighted by Gasteiger charge is -2.19. The molecule has 0 amide bonds. The Labute approximate surface area is 124 Å². The monoisotopic (exact) mass is 279 g/mol. The summed E-state index contributed by atoms with van der Waals surface area (Å²) in [4.78, 5) is 16.3. The highest BCUT2D eigenvalue weighted by molar-refractivity contribution is 6.00. The second-order valence-corrected chi connectivity index (χ2v) is 5.07. The van der Waals surface area contributed by atoms with Crippen LogP contribution in [0, 0.1) is 0 Å². The molecule has 3 nitrogen and oxygen atoms in total. The van der Waals surface area contributed by atoms with Crippen molar-refractivity contribution in [3.05, 3.63) is 58.9 Å². The number of rotatable bonds is 3. The maximum atomic E-state index is 12.0. The summed E-state index contributed by atoms with van der Waals surface area (Å²) in [5.74, 6) is 1.03. The number of ether oxygens (including phenoxy) is 1. The number of pyridine rings is 1. The fourth-order valence-corrected chi connectivity index (χ4v) is 2.74. The first-order valence-electron chi connectivity index (χ1n) is 7.12. The van der Waals surface area contributed by atoms with Crippen LogP contribution in [0.1, 0.15) is 40.0 Å². The SMILES string of the molecule is COc1ccc2c(c1/C=C/c1ccccn1)CCCC2=O. The molecule has 2 aromatic rings. The molecule has 0 fully saturated rings. The average Bonchev–Trinajstić information content (AvgIpc) is 2.54. The second kappa shape index (κ2) is 5.92. The summed E-state index contributed by atoms with van der Waals surface area (Å²) in [5, 5.41) is 0. The normalized spacial score (nSPS) is 14.2. The molecule has 0 N–H and O–H groups in total. The number of hydrogen-bond acceptors (Lipinski definition) is 3. The highest BCUT2D eigenvalue weighted by Gasteiger charge is 2.21. The topological polar surface area (TPSA) is 39.2 Å². The predicted molar refractivity (Wildman–Crippen MR) is 83.4 cm³/mol. The summed E-state index contributed by atoms with van der Waals surface area (Å²) >= 11 is 0. The third-order valence-corrected chi connectivity index (χ3v) is 3.78. The van der Waals surface area contributed by atoms with E-state index < -0.39 is 0 Å². The van der Waals surface area contributed by atoms with Crippen molar-refractivity contribution in [1.82, 2.24) is 4.98 Å². The second-order valence-electron chi connectivity index (χ2n) is 5.07. The van der Waals surface area contributed by atoms with E-state index in [1.54, 1.807) is 13.3 Å². The van der Waals surface area contributed by atoms with Crippen LogP contribution in [0.15, 0.2) is 36.5 Å². The van der Waals surface area contributed by atoms with Crippen LogP contribution >= 0.6 is 0 Å². The fraction of sp³-hybridized carbons (Fsp3) is 0.222. The number of carbonyl (C=O) groups excluding carboxylic acids is 1. The Hall–Kier alpha value is -2.42. The van der Waals surface area contributed by atoms with E-state index in [0.29, 0.717) is 6.42 Å². The summed E-state index contributed by atoms with van der Waals surface area (Å²) < 4.78 is 5.45. The molecule has 1 aromatic heterocycles. The van der Waals surface area contributed by atoms with Crippen LogP contribution in [0.4, 0.5) is 0 Å². The standard InChI is InChI=1S/C18H17NO2/c1-21-18-11-10-15-14(6-4-7-17(15)20)16(18)9-8-13-5-2-3-12-19-13/h2-3,5,8-12H,4,6-7H2,1H3/b9-8+. The number of fused-ring (bicyclic) bond motifs is 1. The zero-order valence-electron chi connectivity index (χ0n) is 12.0. The van der Waals surface area contributed by atoms with Crippen molar-refractivity contribution in [2.45, 2.75) is 19.3 Å². The number of benzene rings is 1. The molecule has 0 atom stereocenters. The minimum atomic E-state index is 0.228. The quantitative estimate of drug-likeness (QED) is 0.858. The zero-order chi connectivity index (χ0) is 14.7. The van der Waals surface area contributed by atoms with Gasteiger partial charge in [0.25, 0.3) is 0 Å². The van der Waals surface area contributed by atoms with E-state index in [1.807, 2.05) is 42.5 Å². The first-order valence-corrected chi connectivity index (χ1v) is 7.12. The lowest BCUT2D eigenvalue weighted by molar-refractivity contribution is 0.0972. The molecule has 3 rings (SSSR count). The molecule has 0 bridgehead atoms. The smallest absolute Gasteiger partial charge is 0.163 e. The summed E-state index contributed by atoms with van der Waals surface area (Å²) in [6.07, 6.45) is 8.18. The maximum absolute atomic E-state index is 12.0. The van der Waals surface area contributed by atoms with Crippen molar-refractivity contribution in [2.75, 3.05) is 7.11 Å². The molecular weight excluding hydrogens is 262 g/mol. The van der Waals surface area contributed by atoms with Gasteiger partial charge in [0, 0.05) is 23.7 Å². The lowest BCUT2D eigenvalue weighted by Crippen LogP contribution is -2.12. The third kappa shape index (κ3) is 2.72. The predicted octanol–water partition coefficient (Wildman–Crippen LogP) is 3.78. The van der Waals surface area contributed by atoms with Crippen LogP contribution in [0.5, 0.6) is 5.75 Å². The van der Waals surface area contributed by atoms with Crippen molar-refractivity contribution in [3.8, 4) is 5.75 Å². The molecular formula is C18H17NO2. The van der Waals surface area contributed by atoms with Gasteiger partial charge in [0.15, 0.2) is 5.78 Å². The Morgan fingerprint density at radius 3 is 2.81 bits per heavy atom.